The van der Waals surface area contributed by atoms with Gasteiger partial charge in [0.05, 0.1) is 0 Å². The zero-order valence-electron chi connectivity index (χ0n) is 9.10. The van der Waals surface area contributed by atoms with Crippen molar-refractivity contribution >= 4 is 6.29 Å². The Morgan fingerprint density at radius 3 is 2.29 bits per heavy atom. The number of pyridine rings is 1. The lowest BCUT2D eigenvalue weighted by molar-refractivity contribution is -0.106. The summed E-state index contributed by atoms with van der Waals surface area (Å²) in [4.78, 5) is 14.9. The maximum Gasteiger partial charge on any atom is 0.116 e. The summed E-state index contributed by atoms with van der Waals surface area (Å²) >= 11 is 0. The monoisotopic (exact) mass is 194 g/mol. The van der Waals surface area contributed by atoms with Gasteiger partial charge < -0.3 is 9.69 Å². The van der Waals surface area contributed by atoms with E-state index in [1.54, 1.807) is 0 Å². The van der Waals surface area contributed by atoms with Crippen LogP contribution in [0.15, 0.2) is 24.5 Å². The molecule has 1 heterocycles. The van der Waals surface area contributed by atoms with Crippen molar-refractivity contribution in [1.82, 2.24) is 9.88 Å². The third kappa shape index (κ3) is 7.43. The van der Waals surface area contributed by atoms with Crippen LogP contribution in [0.4, 0.5) is 0 Å². The van der Waals surface area contributed by atoms with Crippen molar-refractivity contribution in [1.29, 1.82) is 0 Å². The normalized spacial score (nSPS) is 9.14. The maximum atomic E-state index is 8.81. The topological polar surface area (TPSA) is 33.2 Å². The molecule has 0 spiro atoms. The van der Waals surface area contributed by atoms with Gasteiger partial charge in [-0.2, -0.15) is 0 Å². The highest BCUT2D eigenvalue weighted by Crippen LogP contribution is 1.97. The van der Waals surface area contributed by atoms with Crippen LogP contribution in [0.5, 0.6) is 0 Å². The van der Waals surface area contributed by atoms with Crippen molar-refractivity contribution in [2.75, 3.05) is 20.6 Å². The fourth-order valence-electron chi connectivity index (χ4n) is 0.902. The van der Waals surface area contributed by atoms with Gasteiger partial charge >= 0.3 is 0 Å². The summed E-state index contributed by atoms with van der Waals surface area (Å²) in [6.07, 6.45) is 5.53. The average Bonchev–Trinajstić information content (AvgIpc) is 2.18. The van der Waals surface area contributed by atoms with Gasteiger partial charge in [-0.05, 0) is 45.1 Å². The van der Waals surface area contributed by atoms with Gasteiger partial charge in [0.25, 0.3) is 0 Å². The number of carbonyl (C=O) groups excluding carboxylic acids is 1. The molecule has 0 aliphatic rings. The molecule has 0 unspecified atom stereocenters. The highest BCUT2D eigenvalue weighted by molar-refractivity contribution is 5.44. The first-order valence-electron chi connectivity index (χ1n) is 4.64. The van der Waals surface area contributed by atoms with Crippen molar-refractivity contribution < 1.29 is 4.79 Å². The van der Waals surface area contributed by atoms with E-state index in [9.17, 15) is 0 Å². The van der Waals surface area contributed by atoms with Crippen LogP contribution in [0.3, 0.4) is 0 Å². The standard InChI is InChI=1S/C9H14N2.C2H4O/c1-11(2)8-5-9-3-6-10-7-4-9;1-2-3/h3-4,6-7H,5,8H2,1-2H3;2H,1H3. The number of rotatable bonds is 3. The Hall–Kier alpha value is -1.22. The van der Waals surface area contributed by atoms with Gasteiger partial charge in [-0.15, -0.1) is 0 Å². The van der Waals surface area contributed by atoms with Crippen LogP contribution < -0.4 is 0 Å². The number of hydrogen-bond donors (Lipinski definition) is 0. The molecule has 0 aromatic carbocycles. The third-order valence-corrected chi connectivity index (χ3v) is 1.60. The molecule has 0 atom stereocenters. The molecule has 1 aromatic rings. The number of aldehydes is 1. The minimum absolute atomic E-state index is 0.750. The van der Waals surface area contributed by atoms with Crippen LogP contribution in [0.2, 0.25) is 0 Å². The van der Waals surface area contributed by atoms with E-state index in [-0.39, 0.29) is 0 Å². The van der Waals surface area contributed by atoms with E-state index >= 15 is 0 Å². The molecule has 78 valence electrons. The number of likely N-dealkylation sites (N-methyl/N-ethyl adjacent to an activating group) is 1. The van der Waals surface area contributed by atoms with Crippen LogP contribution in [-0.4, -0.2) is 36.8 Å². The zero-order chi connectivity index (χ0) is 10.8. The van der Waals surface area contributed by atoms with Gasteiger partial charge in [-0.3, -0.25) is 4.98 Å². The fraction of sp³-hybridized carbons (Fsp3) is 0.455. The summed E-state index contributed by atoms with van der Waals surface area (Å²) in [5, 5.41) is 0. The van der Waals surface area contributed by atoms with Crippen molar-refractivity contribution in [3.8, 4) is 0 Å². The first kappa shape index (κ1) is 12.8. The molecule has 0 fully saturated rings. The molecule has 0 saturated heterocycles. The predicted molar refractivity (Wildman–Crippen MR) is 58.2 cm³/mol. The van der Waals surface area contributed by atoms with Crippen LogP contribution in [0.1, 0.15) is 12.5 Å². The summed E-state index contributed by atoms with van der Waals surface area (Å²) in [7, 11) is 4.17. The lowest BCUT2D eigenvalue weighted by Crippen LogP contribution is -2.14. The summed E-state index contributed by atoms with van der Waals surface area (Å²) in [5.41, 5.74) is 1.36. The van der Waals surface area contributed by atoms with E-state index in [0.29, 0.717) is 0 Å². The van der Waals surface area contributed by atoms with Gasteiger partial charge in [0.2, 0.25) is 0 Å². The summed E-state index contributed by atoms with van der Waals surface area (Å²) in [5.74, 6) is 0. The third-order valence-electron chi connectivity index (χ3n) is 1.60. The van der Waals surface area contributed by atoms with Crippen LogP contribution in [0.25, 0.3) is 0 Å². The Bertz CT molecular complexity index is 234. The highest BCUT2D eigenvalue weighted by atomic mass is 16.1. The van der Waals surface area contributed by atoms with Gasteiger partial charge in [-0.25, -0.2) is 0 Å². The molecule has 0 aliphatic heterocycles. The summed E-state index contributed by atoms with van der Waals surface area (Å²) < 4.78 is 0. The Morgan fingerprint density at radius 2 is 1.86 bits per heavy atom. The van der Waals surface area contributed by atoms with Crippen molar-refractivity contribution in [3.05, 3.63) is 30.1 Å². The van der Waals surface area contributed by atoms with E-state index in [2.05, 4.69) is 36.1 Å². The van der Waals surface area contributed by atoms with E-state index < -0.39 is 0 Å². The number of nitrogens with zero attached hydrogens (tertiary/aromatic N) is 2. The van der Waals surface area contributed by atoms with E-state index in [1.165, 1.54) is 12.5 Å². The molecule has 14 heavy (non-hydrogen) atoms. The number of hydrogen-bond acceptors (Lipinski definition) is 3. The fourth-order valence-corrected chi connectivity index (χ4v) is 0.902. The Balaban J connectivity index is 0.000000500. The summed E-state index contributed by atoms with van der Waals surface area (Å²) in [6.45, 7) is 2.55. The molecule has 3 nitrogen and oxygen atoms in total. The van der Waals surface area contributed by atoms with Crippen LogP contribution in [-0.2, 0) is 11.2 Å². The second kappa shape index (κ2) is 8.38. The second-order valence-electron chi connectivity index (χ2n) is 3.14. The molecule has 0 aliphatic carbocycles. The van der Waals surface area contributed by atoms with Crippen LogP contribution >= 0.6 is 0 Å². The molecule has 0 amide bonds. The van der Waals surface area contributed by atoms with Crippen LogP contribution in [0, 0.1) is 0 Å². The minimum Gasteiger partial charge on any atom is -0.309 e. The lowest BCUT2D eigenvalue weighted by Gasteiger charge is -2.08. The molecule has 0 radical (unpaired) electrons. The van der Waals surface area contributed by atoms with Gasteiger partial charge in [-0.1, -0.05) is 0 Å². The molecule has 0 saturated carbocycles. The largest absolute Gasteiger partial charge is 0.309 e. The first-order valence-corrected chi connectivity index (χ1v) is 4.64. The SMILES string of the molecule is CC=O.CN(C)CCc1ccncc1. The van der Waals surface area contributed by atoms with Gasteiger partial charge in [0.15, 0.2) is 0 Å². The average molecular weight is 194 g/mol. The molecule has 3 heteroatoms. The van der Waals surface area contributed by atoms with E-state index in [0.717, 1.165) is 19.3 Å². The smallest absolute Gasteiger partial charge is 0.116 e. The van der Waals surface area contributed by atoms with E-state index in [4.69, 9.17) is 4.79 Å². The van der Waals surface area contributed by atoms with E-state index in [1.807, 2.05) is 12.4 Å². The quantitative estimate of drug-likeness (QED) is 0.682. The molecule has 1 rings (SSSR count). The lowest BCUT2D eigenvalue weighted by atomic mass is 10.2. The predicted octanol–water partition coefficient (Wildman–Crippen LogP) is 1.39. The van der Waals surface area contributed by atoms with Gasteiger partial charge in [0.1, 0.15) is 6.29 Å². The molecular weight excluding hydrogens is 176 g/mol. The molecular formula is C11H18N2O. The Labute approximate surface area is 85.8 Å². The number of aromatic nitrogens is 1. The molecule has 0 bridgehead atoms. The first-order chi connectivity index (χ1) is 6.70. The molecule has 1 aromatic heterocycles. The zero-order valence-corrected chi connectivity index (χ0v) is 9.10. The Morgan fingerprint density at radius 1 is 1.36 bits per heavy atom. The Kier molecular flexibility index (Phi) is 7.65. The highest BCUT2D eigenvalue weighted by Gasteiger charge is 1.92. The molecule has 0 N–H and O–H groups in total. The minimum atomic E-state index is 0.750. The summed E-state index contributed by atoms with van der Waals surface area (Å²) in [6, 6.07) is 4.12. The van der Waals surface area contributed by atoms with Crippen molar-refractivity contribution in [2.24, 2.45) is 0 Å². The van der Waals surface area contributed by atoms with Crippen molar-refractivity contribution in [2.45, 2.75) is 13.3 Å². The van der Waals surface area contributed by atoms with Crippen molar-refractivity contribution in [3.63, 3.8) is 0 Å². The number of carbonyl (C=O) groups is 1. The second-order valence-corrected chi connectivity index (χ2v) is 3.14. The van der Waals surface area contributed by atoms with Gasteiger partial charge in [0, 0.05) is 18.9 Å². The maximum absolute atomic E-state index is 8.81.